The quantitative estimate of drug-likeness (QED) is 0.867. The maximum absolute atomic E-state index is 13.0. The number of rotatable bonds is 4. The average molecular weight is 312 g/mol. The lowest BCUT2D eigenvalue weighted by Crippen LogP contribution is -2.42. The fraction of sp³-hybridized carbons (Fsp3) is 0.467. The highest BCUT2D eigenvalue weighted by atomic mass is 19.1. The van der Waals surface area contributed by atoms with Crippen LogP contribution in [0.5, 0.6) is 0 Å². The maximum Gasteiger partial charge on any atom is 0.408 e. The van der Waals surface area contributed by atoms with Crippen molar-refractivity contribution in [2.75, 3.05) is 14.2 Å². The largest absolute Gasteiger partial charge is 0.444 e. The van der Waals surface area contributed by atoms with Gasteiger partial charge in [-0.2, -0.15) is 0 Å². The lowest BCUT2D eigenvalue weighted by molar-refractivity contribution is -0.171. The van der Waals surface area contributed by atoms with E-state index in [0.29, 0.717) is 5.56 Å². The summed E-state index contributed by atoms with van der Waals surface area (Å²) in [6.45, 7) is 5.13. The van der Waals surface area contributed by atoms with Gasteiger partial charge in [0.2, 0.25) is 0 Å². The molecule has 1 aromatic rings. The standard InChI is InChI=1S/C15H21FN2O4/c1-15(2,3)22-14(20)17-12(13(19)18(4)21-5)10-6-8-11(16)9-7-10/h6-9,12H,1-5H3,(H,17,20). The van der Waals surface area contributed by atoms with Crippen LogP contribution in [0.3, 0.4) is 0 Å². The number of alkyl carbamates (subject to hydrolysis) is 1. The van der Waals surface area contributed by atoms with Gasteiger partial charge in [-0.15, -0.1) is 0 Å². The van der Waals surface area contributed by atoms with Crippen LogP contribution >= 0.6 is 0 Å². The lowest BCUT2D eigenvalue weighted by atomic mass is 10.1. The van der Waals surface area contributed by atoms with Gasteiger partial charge in [-0.1, -0.05) is 12.1 Å². The Bertz CT molecular complexity index is 525. The molecule has 0 bridgehead atoms. The van der Waals surface area contributed by atoms with Crippen LogP contribution < -0.4 is 5.32 Å². The van der Waals surface area contributed by atoms with Crippen molar-refractivity contribution >= 4 is 12.0 Å². The van der Waals surface area contributed by atoms with Crippen molar-refractivity contribution in [2.45, 2.75) is 32.4 Å². The van der Waals surface area contributed by atoms with Crippen molar-refractivity contribution in [3.8, 4) is 0 Å². The molecule has 0 radical (unpaired) electrons. The molecule has 0 saturated carbocycles. The molecule has 0 aliphatic heterocycles. The van der Waals surface area contributed by atoms with Crippen LogP contribution in [0, 0.1) is 5.82 Å². The van der Waals surface area contributed by atoms with E-state index >= 15 is 0 Å². The summed E-state index contributed by atoms with van der Waals surface area (Å²) in [7, 11) is 2.74. The van der Waals surface area contributed by atoms with Crippen molar-refractivity contribution in [3.05, 3.63) is 35.6 Å². The molecule has 7 heteroatoms. The number of ether oxygens (including phenoxy) is 1. The molecule has 1 aromatic carbocycles. The summed E-state index contributed by atoms with van der Waals surface area (Å²) in [5.74, 6) is -0.952. The number of amides is 2. The number of likely N-dealkylation sites (N-methyl/N-ethyl adjacent to an activating group) is 1. The molecular formula is C15H21FN2O4. The number of nitrogens with zero attached hydrogens (tertiary/aromatic N) is 1. The minimum atomic E-state index is -1.04. The van der Waals surface area contributed by atoms with E-state index in [1.165, 1.54) is 38.4 Å². The summed E-state index contributed by atoms with van der Waals surface area (Å²) in [4.78, 5) is 29.0. The van der Waals surface area contributed by atoms with E-state index in [1.54, 1.807) is 20.8 Å². The summed E-state index contributed by atoms with van der Waals surface area (Å²) in [6, 6.07) is 4.20. The maximum atomic E-state index is 13.0. The zero-order valence-electron chi connectivity index (χ0n) is 13.3. The Morgan fingerprint density at radius 3 is 2.23 bits per heavy atom. The molecule has 0 fully saturated rings. The molecule has 0 heterocycles. The topological polar surface area (TPSA) is 67.9 Å². The van der Waals surface area contributed by atoms with Gasteiger partial charge in [0.15, 0.2) is 0 Å². The summed E-state index contributed by atoms with van der Waals surface area (Å²) in [5, 5.41) is 3.45. The first kappa shape index (κ1) is 17.9. The first-order chi connectivity index (χ1) is 10.1. The summed E-state index contributed by atoms with van der Waals surface area (Å²) in [5.41, 5.74) is -0.283. The van der Waals surface area contributed by atoms with Crippen molar-refractivity contribution in [1.29, 1.82) is 0 Å². The Kier molecular flexibility index (Phi) is 5.87. The van der Waals surface area contributed by atoms with Crippen molar-refractivity contribution < 1.29 is 23.6 Å². The van der Waals surface area contributed by atoms with E-state index in [4.69, 9.17) is 9.57 Å². The van der Waals surface area contributed by atoms with Gasteiger partial charge in [0.05, 0.1) is 7.11 Å². The smallest absolute Gasteiger partial charge is 0.408 e. The molecule has 1 rings (SSSR count). The normalized spacial score (nSPS) is 12.5. The molecule has 0 aromatic heterocycles. The van der Waals surface area contributed by atoms with E-state index in [0.717, 1.165) is 5.06 Å². The Labute approximate surface area is 129 Å². The molecule has 1 unspecified atom stereocenters. The monoisotopic (exact) mass is 312 g/mol. The second-order valence-electron chi connectivity index (χ2n) is 5.65. The third-order valence-electron chi connectivity index (χ3n) is 2.70. The van der Waals surface area contributed by atoms with E-state index in [1.807, 2.05) is 0 Å². The average Bonchev–Trinajstić information content (AvgIpc) is 2.42. The van der Waals surface area contributed by atoms with Crippen LogP contribution in [0.15, 0.2) is 24.3 Å². The van der Waals surface area contributed by atoms with Crippen LogP contribution in [0.2, 0.25) is 0 Å². The molecule has 1 N–H and O–H groups in total. The second kappa shape index (κ2) is 7.22. The SMILES string of the molecule is CON(C)C(=O)C(NC(=O)OC(C)(C)C)c1ccc(F)cc1. The fourth-order valence-corrected chi connectivity index (χ4v) is 1.64. The Balaban J connectivity index is 2.99. The molecule has 0 saturated heterocycles. The van der Waals surface area contributed by atoms with Crippen LogP contribution in [0.4, 0.5) is 9.18 Å². The first-order valence-electron chi connectivity index (χ1n) is 6.70. The minimum Gasteiger partial charge on any atom is -0.444 e. The van der Waals surface area contributed by atoms with Crippen LogP contribution in [0.25, 0.3) is 0 Å². The zero-order valence-corrected chi connectivity index (χ0v) is 13.3. The molecule has 6 nitrogen and oxygen atoms in total. The Hall–Kier alpha value is -2.15. The summed E-state index contributed by atoms with van der Waals surface area (Å²) >= 11 is 0. The molecule has 1 atom stereocenters. The van der Waals surface area contributed by atoms with Gasteiger partial charge in [-0.25, -0.2) is 14.2 Å². The lowest BCUT2D eigenvalue weighted by Gasteiger charge is -2.25. The summed E-state index contributed by atoms with van der Waals surface area (Å²) in [6.07, 6.45) is -0.750. The zero-order chi connectivity index (χ0) is 16.9. The molecule has 0 spiro atoms. The third-order valence-corrected chi connectivity index (χ3v) is 2.70. The number of carbonyl (C=O) groups is 2. The fourth-order valence-electron chi connectivity index (χ4n) is 1.64. The highest BCUT2D eigenvalue weighted by Crippen LogP contribution is 2.17. The number of benzene rings is 1. The van der Waals surface area contributed by atoms with E-state index in [2.05, 4.69) is 5.32 Å². The Morgan fingerprint density at radius 1 is 1.23 bits per heavy atom. The van der Waals surface area contributed by atoms with Crippen LogP contribution in [-0.2, 0) is 14.4 Å². The minimum absolute atomic E-state index is 0.418. The molecular weight excluding hydrogens is 291 g/mol. The van der Waals surface area contributed by atoms with Crippen molar-refractivity contribution in [3.63, 3.8) is 0 Å². The number of hydroxylamine groups is 2. The summed E-state index contributed by atoms with van der Waals surface area (Å²) < 4.78 is 18.2. The van der Waals surface area contributed by atoms with E-state index in [-0.39, 0.29) is 0 Å². The van der Waals surface area contributed by atoms with Gasteiger partial charge >= 0.3 is 6.09 Å². The molecule has 122 valence electrons. The van der Waals surface area contributed by atoms with E-state index in [9.17, 15) is 14.0 Å². The van der Waals surface area contributed by atoms with Gasteiger partial charge < -0.3 is 10.1 Å². The van der Waals surface area contributed by atoms with Crippen molar-refractivity contribution in [1.82, 2.24) is 10.4 Å². The third kappa shape index (κ3) is 5.33. The van der Waals surface area contributed by atoms with Crippen LogP contribution in [0.1, 0.15) is 32.4 Å². The van der Waals surface area contributed by atoms with Gasteiger partial charge in [0, 0.05) is 7.05 Å². The molecule has 0 aliphatic rings. The highest BCUT2D eigenvalue weighted by Gasteiger charge is 2.28. The number of hydrogen-bond acceptors (Lipinski definition) is 4. The number of carbonyl (C=O) groups excluding carboxylic acids is 2. The number of hydrogen-bond donors (Lipinski definition) is 1. The van der Waals surface area contributed by atoms with Gasteiger partial charge in [-0.3, -0.25) is 9.63 Å². The van der Waals surface area contributed by atoms with Crippen molar-refractivity contribution in [2.24, 2.45) is 0 Å². The molecule has 22 heavy (non-hydrogen) atoms. The second-order valence-corrected chi connectivity index (χ2v) is 5.65. The molecule has 0 aliphatic carbocycles. The number of nitrogens with one attached hydrogen (secondary N) is 1. The van der Waals surface area contributed by atoms with Gasteiger partial charge in [0.25, 0.3) is 5.91 Å². The predicted octanol–water partition coefficient (Wildman–Crippen LogP) is 2.41. The van der Waals surface area contributed by atoms with Gasteiger partial charge in [0.1, 0.15) is 17.5 Å². The predicted molar refractivity (Wildman–Crippen MR) is 78.3 cm³/mol. The van der Waals surface area contributed by atoms with E-state index < -0.39 is 29.5 Å². The molecule has 2 amide bonds. The Morgan fingerprint density at radius 2 is 1.77 bits per heavy atom. The van der Waals surface area contributed by atoms with Crippen LogP contribution in [-0.4, -0.2) is 36.8 Å². The van der Waals surface area contributed by atoms with Gasteiger partial charge in [-0.05, 0) is 38.5 Å². The number of halogens is 1. The first-order valence-corrected chi connectivity index (χ1v) is 6.70. The highest BCUT2D eigenvalue weighted by molar-refractivity contribution is 5.86.